The first-order valence-electron chi connectivity index (χ1n) is 6.66. The van der Waals surface area contributed by atoms with Gasteiger partial charge in [0.1, 0.15) is 5.82 Å². The summed E-state index contributed by atoms with van der Waals surface area (Å²) in [4.78, 5) is 11.8. The molecule has 1 unspecified atom stereocenters. The van der Waals surface area contributed by atoms with Crippen LogP contribution in [0.15, 0.2) is 24.3 Å². The quantitative estimate of drug-likeness (QED) is 0.830. The van der Waals surface area contributed by atoms with Crippen LogP contribution in [0.4, 0.5) is 4.39 Å². The highest BCUT2D eigenvalue weighted by molar-refractivity contribution is 5.81. The lowest BCUT2D eigenvalue weighted by Crippen LogP contribution is -2.45. The highest BCUT2D eigenvalue weighted by Crippen LogP contribution is 2.22. The van der Waals surface area contributed by atoms with Gasteiger partial charge < -0.3 is 11.1 Å². The van der Waals surface area contributed by atoms with E-state index < -0.39 is 6.04 Å². The van der Waals surface area contributed by atoms with Crippen LogP contribution in [0, 0.1) is 5.82 Å². The van der Waals surface area contributed by atoms with Crippen molar-refractivity contribution >= 4 is 5.91 Å². The normalized spacial score (nSPS) is 13.1. The zero-order valence-corrected chi connectivity index (χ0v) is 11.9. The van der Waals surface area contributed by atoms with Gasteiger partial charge in [-0.1, -0.05) is 39.3 Å². The van der Waals surface area contributed by atoms with Crippen LogP contribution in [0.25, 0.3) is 0 Å². The molecule has 3 nitrogen and oxygen atoms in total. The third-order valence-corrected chi connectivity index (χ3v) is 3.25. The van der Waals surface area contributed by atoms with Gasteiger partial charge in [-0.3, -0.25) is 4.79 Å². The number of carbonyl (C=O) groups is 1. The van der Waals surface area contributed by atoms with Crippen molar-refractivity contribution < 1.29 is 9.18 Å². The molecule has 1 rings (SSSR count). The van der Waals surface area contributed by atoms with Gasteiger partial charge in [0.2, 0.25) is 5.91 Å². The van der Waals surface area contributed by atoms with E-state index in [2.05, 4.69) is 5.32 Å². The van der Waals surface area contributed by atoms with Crippen molar-refractivity contribution in [1.29, 1.82) is 0 Å². The summed E-state index contributed by atoms with van der Waals surface area (Å²) in [6.45, 7) is 6.36. The van der Waals surface area contributed by atoms with Crippen molar-refractivity contribution in [1.82, 2.24) is 5.32 Å². The average molecular weight is 266 g/mol. The fraction of sp³-hybridized carbons (Fsp3) is 0.533. The van der Waals surface area contributed by atoms with Gasteiger partial charge in [-0.2, -0.15) is 0 Å². The summed E-state index contributed by atoms with van der Waals surface area (Å²) in [6, 6.07) is 5.99. The van der Waals surface area contributed by atoms with Crippen molar-refractivity contribution in [2.24, 2.45) is 5.73 Å². The fourth-order valence-electron chi connectivity index (χ4n) is 1.89. The molecule has 1 amide bonds. The third-order valence-electron chi connectivity index (χ3n) is 3.25. The average Bonchev–Trinajstić information content (AvgIpc) is 2.36. The van der Waals surface area contributed by atoms with Crippen LogP contribution in [0.5, 0.6) is 0 Å². The Morgan fingerprint density at radius 1 is 1.47 bits per heavy atom. The first kappa shape index (κ1) is 15.6. The van der Waals surface area contributed by atoms with Crippen LogP contribution in [-0.4, -0.2) is 18.5 Å². The van der Waals surface area contributed by atoms with E-state index in [9.17, 15) is 9.18 Å². The number of rotatable bonds is 6. The Morgan fingerprint density at radius 2 is 2.16 bits per heavy atom. The van der Waals surface area contributed by atoms with Crippen molar-refractivity contribution in [2.75, 3.05) is 6.54 Å². The van der Waals surface area contributed by atoms with E-state index in [1.807, 2.05) is 26.8 Å². The maximum atomic E-state index is 13.2. The van der Waals surface area contributed by atoms with Crippen LogP contribution in [0.3, 0.4) is 0 Å². The minimum Gasteiger partial charge on any atom is -0.354 e. The topological polar surface area (TPSA) is 55.1 Å². The van der Waals surface area contributed by atoms with E-state index in [0.717, 1.165) is 12.0 Å². The summed E-state index contributed by atoms with van der Waals surface area (Å²) in [5.41, 5.74) is 6.28. The molecule has 0 aliphatic carbocycles. The fourth-order valence-corrected chi connectivity index (χ4v) is 1.89. The number of halogens is 1. The lowest BCUT2D eigenvalue weighted by molar-refractivity contribution is -0.122. The minimum absolute atomic E-state index is 0.147. The zero-order valence-electron chi connectivity index (χ0n) is 11.9. The molecule has 19 heavy (non-hydrogen) atoms. The van der Waals surface area contributed by atoms with Gasteiger partial charge in [-0.05, 0) is 24.1 Å². The zero-order chi connectivity index (χ0) is 14.5. The second-order valence-electron chi connectivity index (χ2n) is 5.51. The second-order valence-corrected chi connectivity index (χ2v) is 5.51. The summed E-state index contributed by atoms with van der Waals surface area (Å²) >= 11 is 0. The van der Waals surface area contributed by atoms with Gasteiger partial charge in [-0.25, -0.2) is 4.39 Å². The first-order chi connectivity index (χ1) is 8.86. The van der Waals surface area contributed by atoms with Gasteiger partial charge in [-0.15, -0.1) is 0 Å². The van der Waals surface area contributed by atoms with Gasteiger partial charge in [0.25, 0.3) is 0 Å². The van der Waals surface area contributed by atoms with Gasteiger partial charge in [0.05, 0.1) is 6.04 Å². The first-order valence-corrected chi connectivity index (χ1v) is 6.66. The molecule has 0 spiro atoms. The lowest BCUT2D eigenvalue weighted by atomic mass is 9.84. The van der Waals surface area contributed by atoms with Gasteiger partial charge in [0.15, 0.2) is 0 Å². The van der Waals surface area contributed by atoms with Gasteiger partial charge >= 0.3 is 0 Å². The number of benzene rings is 1. The summed E-state index contributed by atoms with van der Waals surface area (Å²) in [7, 11) is 0. The molecule has 0 aliphatic heterocycles. The molecule has 106 valence electrons. The lowest BCUT2D eigenvalue weighted by Gasteiger charge is -2.26. The monoisotopic (exact) mass is 266 g/mol. The highest BCUT2D eigenvalue weighted by atomic mass is 19.1. The number of hydrogen-bond acceptors (Lipinski definition) is 2. The van der Waals surface area contributed by atoms with E-state index in [1.54, 1.807) is 6.07 Å². The number of nitrogens with one attached hydrogen (secondary N) is 1. The van der Waals surface area contributed by atoms with Crippen molar-refractivity contribution in [3.8, 4) is 0 Å². The SMILES string of the molecule is CCCC(N)C(=O)NCC(C)(C)c1cccc(F)c1. The molecule has 1 aromatic rings. The molecule has 0 bridgehead atoms. The van der Waals surface area contributed by atoms with Crippen molar-refractivity contribution in [3.63, 3.8) is 0 Å². The summed E-state index contributed by atoms with van der Waals surface area (Å²) in [5.74, 6) is -0.411. The Hall–Kier alpha value is -1.42. The Kier molecular flexibility index (Phi) is 5.48. The number of hydrogen-bond donors (Lipinski definition) is 2. The van der Waals surface area contributed by atoms with Crippen LogP contribution in [-0.2, 0) is 10.2 Å². The van der Waals surface area contributed by atoms with Crippen LogP contribution in [0.2, 0.25) is 0 Å². The summed E-state index contributed by atoms with van der Waals surface area (Å²) in [6.07, 6.45) is 1.55. The van der Waals surface area contributed by atoms with Gasteiger partial charge in [0, 0.05) is 12.0 Å². The third kappa shape index (κ3) is 4.63. The number of amides is 1. The second kappa shape index (κ2) is 6.66. The standard InChI is InChI=1S/C15H23FN2O/c1-4-6-13(17)14(19)18-10-15(2,3)11-7-5-8-12(16)9-11/h5,7-9,13H,4,6,10,17H2,1-3H3,(H,18,19). The molecule has 0 saturated heterocycles. The van der Waals surface area contributed by atoms with Crippen LogP contribution < -0.4 is 11.1 Å². The predicted octanol–water partition coefficient (Wildman–Crippen LogP) is 2.35. The van der Waals surface area contributed by atoms with E-state index in [0.29, 0.717) is 13.0 Å². The number of carbonyl (C=O) groups excluding carboxylic acids is 1. The molecule has 4 heteroatoms. The molecule has 0 fully saturated rings. The molecule has 0 heterocycles. The Balaban J connectivity index is 2.63. The smallest absolute Gasteiger partial charge is 0.236 e. The summed E-state index contributed by atoms with van der Waals surface area (Å²) in [5, 5.41) is 2.84. The molecule has 1 aromatic carbocycles. The Bertz CT molecular complexity index is 432. The van der Waals surface area contributed by atoms with E-state index in [4.69, 9.17) is 5.73 Å². The molecule has 0 radical (unpaired) electrons. The largest absolute Gasteiger partial charge is 0.354 e. The Morgan fingerprint density at radius 3 is 2.74 bits per heavy atom. The molecule has 0 aromatic heterocycles. The molecule has 3 N–H and O–H groups in total. The van der Waals surface area contributed by atoms with E-state index in [1.165, 1.54) is 12.1 Å². The van der Waals surface area contributed by atoms with Crippen LogP contribution >= 0.6 is 0 Å². The highest BCUT2D eigenvalue weighted by Gasteiger charge is 2.23. The molecular formula is C15H23FN2O. The maximum Gasteiger partial charge on any atom is 0.236 e. The Labute approximate surface area is 114 Å². The van der Waals surface area contributed by atoms with Crippen molar-refractivity contribution in [3.05, 3.63) is 35.6 Å². The van der Waals surface area contributed by atoms with Crippen LogP contribution in [0.1, 0.15) is 39.2 Å². The number of nitrogens with two attached hydrogens (primary N) is 1. The maximum absolute atomic E-state index is 13.2. The van der Waals surface area contributed by atoms with Crippen molar-refractivity contribution in [2.45, 2.75) is 45.1 Å². The van der Waals surface area contributed by atoms with E-state index >= 15 is 0 Å². The molecular weight excluding hydrogens is 243 g/mol. The molecule has 0 aliphatic rings. The molecule has 1 atom stereocenters. The summed E-state index contributed by atoms with van der Waals surface area (Å²) < 4.78 is 13.2. The predicted molar refractivity (Wildman–Crippen MR) is 75.3 cm³/mol. The molecule has 0 saturated carbocycles. The minimum atomic E-state index is -0.465. The van der Waals surface area contributed by atoms with E-state index in [-0.39, 0.29) is 17.1 Å².